The molecule has 1 amide bonds. The molecule has 164 valence electrons. The van der Waals surface area contributed by atoms with Crippen molar-refractivity contribution in [3.8, 4) is 11.5 Å². The van der Waals surface area contributed by atoms with Gasteiger partial charge in [0.1, 0.15) is 0 Å². The van der Waals surface area contributed by atoms with Crippen molar-refractivity contribution in [1.29, 1.82) is 0 Å². The number of hydrogen-bond acceptors (Lipinski definition) is 4. The normalized spacial score (nSPS) is 15.0. The average Bonchev–Trinajstić information content (AvgIpc) is 2.81. The number of hydrogen-bond donors (Lipinski definition) is 0. The fourth-order valence-corrected chi connectivity index (χ4v) is 3.57. The molecule has 1 heterocycles. The van der Waals surface area contributed by atoms with Gasteiger partial charge >= 0.3 is 0 Å². The quantitative estimate of drug-likeness (QED) is 0.561. The Kier molecular flexibility index (Phi) is 8.15. The summed E-state index contributed by atoms with van der Waals surface area (Å²) in [4.78, 5) is 14.5. The van der Waals surface area contributed by atoms with Crippen LogP contribution in [0.4, 0.5) is 0 Å². The van der Waals surface area contributed by atoms with Crippen molar-refractivity contribution < 1.29 is 19.0 Å². The van der Waals surface area contributed by atoms with E-state index in [0.29, 0.717) is 49.2 Å². The monoisotopic (exact) mass is 441 g/mol. The van der Waals surface area contributed by atoms with Crippen LogP contribution in [0, 0.1) is 0 Å². The third kappa shape index (κ3) is 6.12. The van der Waals surface area contributed by atoms with Crippen molar-refractivity contribution in [3.63, 3.8) is 0 Å². The van der Waals surface area contributed by atoms with Gasteiger partial charge in [0.25, 0.3) is 0 Å². The second-order valence-electron chi connectivity index (χ2n) is 7.26. The number of ether oxygens (including phenoxy) is 3. The van der Waals surface area contributed by atoms with Crippen molar-refractivity contribution in [2.45, 2.75) is 13.3 Å². The van der Waals surface area contributed by atoms with E-state index < -0.39 is 0 Å². The van der Waals surface area contributed by atoms with Gasteiger partial charge in [-0.1, -0.05) is 42.0 Å². The molecule has 0 aromatic heterocycles. The number of rotatable bonds is 7. The van der Waals surface area contributed by atoms with Crippen molar-refractivity contribution >= 4 is 28.7 Å². The molecular formula is C25H28ClNO4. The number of nitrogens with zero attached hydrogens (tertiary/aromatic N) is 1. The number of methoxy groups -OCH3 is 2. The molecule has 3 rings (SSSR count). The van der Waals surface area contributed by atoms with E-state index in [4.69, 9.17) is 25.8 Å². The lowest BCUT2D eigenvalue weighted by Crippen LogP contribution is -2.40. The summed E-state index contributed by atoms with van der Waals surface area (Å²) in [5.41, 5.74) is 4.02. The van der Waals surface area contributed by atoms with E-state index in [1.165, 1.54) is 0 Å². The molecule has 6 heteroatoms. The summed E-state index contributed by atoms with van der Waals surface area (Å²) < 4.78 is 16.2. The lowest BCUT2D eigenvalue weighted by molar-refractivity contribution is -0.134. The minimum atomic E-state index is 0.0961. The molecule has 0 aliphatic carbocycles. The fourth-order valence-electron chi connectivity index (χ4n) is 3.44. The summed E-state index contributed by atoms with van der Waals surface area (Å²) in [7, 11) is 3.22. The van der Waals surface area contributed by atoms with Gasteiger partial charge in [0.05, 0.1) is 27.4 Å². The first-order valence-corrected chi connectivity index (χ1v) is 10.6. The third-order valence-corrected chi connectivity index (χ3v) is 5.50. The van der Waals surface area contributed by atoms with E-state index in [9.17, 15) is 4.79 Å². The van der Waals surface area contributed by atoms with Gasteiger partial charge in [-0.2, -0.15) is 0 Å². The van der Waals surface area contributed by atoms with Gasteiger partial charge in [0.2, 0.25) is 5.91 Å². The molecular weight excluding hydrogens is 414 g/mol. The maximum atomic E-state index is 12.7. The van der Waals surface area contributed by atoms with Gasteiger partial charge < -0.3 is 19.1 Å². The first-order chi connectivity index (χ1) is 15.0. The van der Waals surface area contributed by atoms with Crippen LogP contribution >= 0.6 is 11.6 Å². The summed E-state index contributed by atoms with van der Waals surface area (Å²) in [5.74, 6) is 1.40. The van der Waals surface area contributed by atoms with E-state index in [0.717, 1.165) is 22.3 Å². The summed E-state index contributed by atoms with van der Waals surface area (Å²) >= 11 is 6.03. The highest BCUT2D eigenvalue weighted by atomic mass is 35.5. The second-order valence-corrected chi connectivity index (χ2v) is 7.70. The zero-order valence-corrected chi connectivity index (χ0v) is 18.9. The zero-order valence-electron chi connectivity index (χ0n) is 18.2. The van der Waals surface area contributed by atoms with E-state index in [2.05, 4.69) is 6.08 Å². The average molecular weight is 442 g/mol. The number of morpholine rings is 1. The highest BCUT2D eigenvalue weighted by molar-refractivity contribution is 6.30. The van der Waals surface area contributed by atoms with Crippen LogP contribution in [-0.2, 0) is 9.53 Å². The largest absolute Gasteiger partial charge is 0.493 e. The molecule has 0 saturated carbocycles. The van der Waals surface area contributed by atoms with Crippen LogP contribution in [0.25, 0.3) is 11.1 Å². The van der Waals surface area contributed by atoms with E-state index in [1.807, 2.05) is 60.4 Å². The number of amides is 1. The SMILES string of the molecule is COc1ccc(C(C=C(C)c2ccc(Cl)cc2)=CCC(=O)N2CCOCC2)cc1OC. The van der Waals surface area contributed by atoms with E-state index >= 15 is 0 Å². The minimum Gasteiger partial charge on any atom is -0.493 e. The van der Waals surface area contributed by atoms with E-state index in [1.54, 1.807) is 14.2 Å². The Bertz CT molecular complexity index is 960. The standard InChI is InChI=1S/C25H28ClNO4/c1-18(19-4-8-22(26)9-5-19)16-20(7-11-25(28)27-12-14-31-15-13-27)21-6-10-23(29-2)24(17-21)30-3/h4-10,16-17H,11-15H2,1-3H3. The lowest BCUT2D eigenvalue weighted by Gasteiger charge is -2.26. The van der Waals surface area contributed by atoms with Crippen molar-refractivity contribution in [1.82, 2.24) is 4.90 Å². The molecule has 1 fully saturated rings. The minimum absolute atomic E-state index is 0.0961. The Morgan fingerprint density at radius 1 is 1.03 bits per heavy atom. The number of benzene rings is 2. The van der Waals surface area contributed by atoms with Crippen LogP contribution in [0.1, 0.15) is 24.5 Å². The predicted octanol–water partition coefficient (Wildman–Crippen LogP) is 5.09. The first-order valence-electron chi connectivity index (χ1n) is 10.2. The van der Waals surface area contributed by atoms with E-state index in [-0.39, 0.29) is 5.91 Å². The zero-order chi connectivity index (χ0) is 22.2. The molecule has 0 radical (unpaired) electrons. The molecule has 1 aliphatic heterocycles. The summed E-state index contributed by atoms with van der Waals surface area (Å²) in [6.07, 6.45) is 4.36. The predicted molar refractivity (Wildman–Crippen MR) is 125 cm³/mol. The molecule has 31 heavy (non-hydrogen) atoms. The summed E-state index contributed by atoms with van der Waals surface area (Å²) in [5, 5.41) is 0.698. The van der Waals surface area contributed by atoms with Gasteiger partial charge in [-0.3, -0.25) is 4.79 Å². The van der Waals surface area contributed by atoms with Crippen LogP contribution in [0.2, 0.25) is 5.02 Å². The molecule has 1 saturated heterocycles. The molecule has 5 nitrogen and oxygen atoms in total. The van der Waals surface area contributed by atoms with Gasteiger partial charge in [0.15, 0.2) is 11.5 Å². The molecule has 1 aliphatic rings. The summed E-state index contributed by atoms with van der Waals surface area (Å²) in [6.45, 7) is 4.50. The molecule has 0 spiro atoms. The molecule has 0 unspecified atom stereocenters. The fraction of sp³-hybridized carbons (Fsp3) is 0.320. The van der Waals surface area contributed by atoms with Crippen LogP contribution in [0.3, 0.4) is 0 Å². The molecule has 0 atom stereocenters. The van der Waals surface area contributed by atoms with Gasteiger partial charge in [-0.05, 0) is 53.5 Å². The molecule has 0 N–H and O–H groups in total. The second kappa shape index (κ2) is 11.0. The van der Waals surface area contributed by atoms with Crippen LogP contribution in [-0.4, -0.2) is 51.3 Å². The van der Waals surface area contributed by atoms with Crippen LogP contribution < -0.4 is 9.47 Å². The summed E-state index contributed by atoms with van der Waals surface area (Å²) in [6, 6.07) is 13.5. The Hall–Kier alpha value is -2.76. The maximum Gasteiger partial charge on any atom is 0.226 e. The Morgan fingerprint density at radius 3 is 2.32 bits per heavy atom. The number of carbonyl (C=O) groups excluding carboxylic acids is 1. The molecule has 2 aromatic rings. The van der Waals surface area contributed by atoms with Crippen LogP contribution in [0.15, 0.2) is 54.6 Å². The Morgan fingerprint density at radius 2 is 1.68 bits per heavy atom. The lowest BCUT2D eigenvalue weighted by atomic mass is 9.98. The van der Waals surface area contributed by atoms with Crippen molar-refractivity contribution in [2.75, 3.05) is 40.5 Å². The smallest absolute Gasteiger partial charge is 0.226 e. The van der Waals surface area contributed by atoms with Gasteiger partial charge in [0, 0.05) is 24.5 Å². The van der Waals surface area contributed by atoms with Crippen molar-refractivity contribution in [2.24, 2.45) is 0 Å². The number of halogens is 1. The third-order valence-electron chi connectivity index (χ3n) is 5.25. The van der Waals surface area contributed by atoms with Gasteiger partial charge in [-0.25, -0.2) is 0 Å². The topological polar surface area (TPSA) is 48.0 Å². The first kappa shape index (κ1) is 22.9. The highest BCUT2D eigenvalue weighted by Gasteiger charge is 2.16. The Labute approximate surface area is 188 Å². The van der Waals surface area contributed by atoms with Crippen LogP contribution in [0.5, 0.6) is 11.5 Å². The highest BCUT2D eigenvalue weighted by Crippen LogP contribution is 2.32. The number of carbonyl (C=O) groups is 1. The number of allylic oxidation sites excluding steroid dienone is 3. The molecule has 0 bridgehead atoms. The van der Waals surface area contributed by atoms with Crippen molar-refractivity contribution in [3.05, 3.63) is 70.8 Å². The Balaban J connectivity index is 1.93. The van der Waals surface area contributed by atoms with Gasteiger partial charge in [-0.15, -0.1) is 0 Å². The molecule has 2 aromatic carbocycles. The maximum absolute atomic E-state index is 12.7.